The Kier molecular flexibility index (Phi) is 3.26. The van der Waals surface area contributed by atoms with Crippen LogP contribution in [-0.2, 0) is 4.74 Å². The van der Waals surface area contributed by atoms with Gasteiger partial charge in [0, 0.05) is 10.7 Å². The SMILES string of the molecule is C[C@@H]1O[C@@H](n2cc(Br)c3c(Cl)ncnc32)[C@H](O)[C@@H]1O. The highest BCUT2D eigenvalue weighted by atomic mass is 79.9. The lowest BCUT2D eigenvalue weighted by Gasteiger charge is -2.17. The van der Waals surface area contributed by atoms with Gasteiger partial charge in [-0.15, -0.1) is 0 Å². The van der Waals surface area contributed by atoms with Gasteiger partial charge in [-0.2, -0.15) is 0 Å². The van der Waals surface area contributed by atoms with Crippen molar-refractivity contribution in [3.63, 3.8) is 0 Å². The molecule has 1 aliphatic rings. The fraction of sp³-hybridized carbons (Fsp3) is 0.455. The van der Waals surface area contributed by atoms with Gasteiger partial charge in [0.05, 0.1) is 11.5 Å². The number of aromatic nitrogens is 3. The molecule has 2 aromatic rings. The molecule has 2 aromatic heterocycles. The first kappa shape index (κ1) is 13.3. The standard InChI is InChI=1S/C11H11BrClN3O3/c1-4-7(17)8(18)11(19-4)16-2-5(12)6-9(13)14-3-15-10(6)16/h2-4,7-8,11,17-18H,1H3/t4-,7+,8+,11+/m0/s1. The van der Waals surface area contributed by atoms with Crippen molar-refractivity contribution >= 4 is 38.6 Å². The van der Waals surface area contributed by atoms with Crippen molar-refractivity contribution in [1.82, 2.24) is 14.5 Å². The minimum absolute atomic E-state index is 0.316. The van der Waals surface area contributed by atoms with Crippen LogP contribution in [0.3, 0.4) is 0 Å². The third-order valence-electron chi connectivity index (χ3n) is 3.27. The Morgan fingerprint density at radius 2 is 2.11 bits per heavy atom. The van der Waals surface area contributed by atoms with Gasteiger partial charge < -0.3 is 19.5 Å². The summed E-state index contributed by atoms with van der Waals surface area (Å²) in [5.41, 5.74) is 0.539. The molecular formula is C11H11BrClN3O3. The van der Waals surface area contributed by atoms with Gasteiger partial charge in [0.25, 0.3) is 0 Å². The first-order chi connectivity index (χ1) is 9.00. The molecule has 8 heteroatoms. The minimum Gasteiger partial charge on any atom is -0.388 e. The number of rotatable bonds is 1. The van der Waals surface area contributed by atoms with Gasteiger partial charge in [-0.25, -0.2) is 9.97 Å². The van der Waals surface area contributed by atoms with E-state index in [0.29, 0.717) is 20.7 Å². The molecular weight excluding hydrogens is 337 g/mol. The van der Waals surface area contributed by atoms with Crippen LogP contribution in [0.2, 0.25) is 5.15 Å². The second kappa shape index (κ2) is 4.68. The Morgan fingerprint density at radius 1 is 1.37 bits per heavy atom. The zero-order chi connectivity index (χ0) is 13.7. The van der Waals surface area contributed by atoms with Crippen molar-refractivity contribution in [1.29, 1.82) is 0 Å². The van der Waals surface area contributed by atoms with Crippen LogP contribution in [0.25, 0.3) is 11.0 Å². The molecule has 0 aliphatic carbocycles. The monoisotopic (exact) mass is 347 g/mol. The van der Waals surface area contributed by atoms with E-state index >= 15 is 0 Å². The summed E-state index contributed by atoms with van der Waals surface area (Å²) in [5, 5.41) is 20.8. The second-order valence-corrected chi connectivity index (χ2v) is 5.67. The first-order valence-corrected chi connectivity index (χ1v) is 6.86. The van der Waals surface area contributed by atoms with Crippen molar-refractivity contribution in [2.24, 2.45) is 0 Å². The third-order valence-corrected chi connectivity index (χ3v) is 4.16. The van der Waals surface area contributed by atoms with Crippen LogP contribution in [0.5, 0.6) is 0 Å². The van der Waals surface area contributed by atoms with Gasteiger partial charge in [-0.1, -0.05) is 11.6 Å². The molecule has 102 valence electrons. The Labute approximate surface area is 122 Å². The summed E-state index contributed by atoms with van der Waals surface area (Å²) < 4.78 is 7.92. The summed E-state index contributed by atoms with van der Waals surface area (Å²) in [6, 6.07) is 0. The second-order valence-electron chi connectivity index (χ2n) is 4.46. The van der Waals surface area contributed by atoms with Crippen LogP contribution in [0.15, 0.2) is 17.0 Å². The molecule has 0 spiro atoms. The zero-order valence-electron chi connectivity index (χ0n) is 9.86. The maximum Gasteiger partial charge on any atom is 0.164 e. The van der Waals surface area contributed by atoms with E-state index < -0.39 is 24.5 Å². The number of fused-ring (bicyclic) bond motifs is 1. The zero-order valence-corrected chi connectivity index (χ0v) is 12.2. The molecule has 1 fully saturated rings. The molecule has 1 saturated heterocycles. The van der Waals surface area contributed by atoms with E-state index in [9.17, 15) is 10.2 Å². The molecule has 3 heterocycles. The number of hydrogen-bond donors (Lipinski definition) is 2. The predicted molar refractivity (Wildman–Crippen MR) is 71.8 cm³/mol. The number of aliphatic hydroxyl groups is 2. The van der Waals surface area contributed by atoms with Crippen LogP contribution in [-0.4, -0.2) is 43.1 Å². The molecule has 6 nitrogen and oxygen atoms in total. The van der Waals surface area contributed by atoms with Gasteiger partial charge >= 0.3 is 0 Å². The van der Waals surface area contributed by atoms with Crippen LogP contribution >= 0.6 is 27.5 Å². The topological polar surface area (TPSA) is 80.4 Å². The molecule has 1 aliphatic heterocycles. The lowest BCUT2D eigenvalue weighted by molar-refractivity contribution is -0.0297. The highest BCUT2D eigenvalue weighted by Crippen LogP contribution is 2.36. The first-order valence-electron chi connectivity index (χ1n) is 5.69. The highest BCUT2D eigenvalue weighted by molar-refractivity contribution is 9.10. The van der Waals surface area contributed by atoms with E-state index in [4.69, 9.17) is 16.3 Å². The molecule has 19 heavy (non-hydrogen) atoms. The average molecular weight is 349 g/mol. The van der Waals surface area contributed by atoms with Crippen molar-refractivity contribution in [2.75, 3.05) is 0 Å². The molecule has 0 bridgehead atoms. The van der Waals surface area contributed by atoms with Crippen LogP contribution in [0, 0.1) is 0 Å². The molecule has 4 atom stereocenters. The Morgan fingerprint density at radius 3 is 2.74 bits per heavy atom. The quantitative estimate of drug-likeness (QED) is 0.763. The number of ether oxygens (including phenoxy) is 1. The molecule has 0 aromatic carbocycles. The molecule has 0 saturated carbocycles. The van der Waals surface area contributed by atoms with E-state index in [-0.39, 0.29) is 0 Å². The minimum atomic E-state index is -1.02. The Bertz CT molecular complexity index is 635. The van der Waals surface area contributed by atoms with Gasteiger partial charge in [0.2, 0.25) is 0 Å². The van der Waals surface area contributed by atoms with E-state index in [1.165, 1.54) is 6.33 Å². The fourth-order valence-electron chi connectivity index (χ4n) is 2.26. The summed E-state index contributed by atoms with van der Waals surface area (Å²) in [7, 11) is 0. The van der Waals surface area contributed by atoms with Gasteiger partial charge in [-0.3, -0.25) is 0 Å². The van der Waals surface area contributed by atoms with E-state index in [1.807, 2.05) is 0 Å². The number of nitrogens with zero attached hydrogens (tertiary/aromatic N) is 3. The average Bonchev–Trinajstić information content (AvgIpc) is 2.83. The Hall–Kier alpha value is -0.730. The maximum atomic E-state index is 10.0. The largest absolute Gasteiger partial charge is 0.388 e. The lowest BCUT2D eigenvalue weighted by atomic mass is 10.1. The summed E-state index contributed by atoms with van der Waals surface area (Å²) in [4.78, 5) is 8.07. The number of aliphatic hydroxyl groups excluding tert-OH is 2. The van der Waals surface area contributed by atoms with E-state index in [2.05, 4.69) is 25.9 Å². The van der Waals surface area contributed by atoms with E-state index in [0.717, 1.165) is 0 Å². The molecule has 0 unspecified atom stereocenters. The maximum absolute atomic E-state index is 10.0. The molecule has 2 N–H and O–H groups in total. The van der Waals surface area contributed by atoms with E-state index in [1.54, 1.807) is 17.7 Å². The molecule has 0 radical (unpaired) electrons. The number of hydrogen-bond acceptors (Lipinski definition) is 5. The van der Waals surface area contributed by atoms with Gasteiger partial charge in [0.1, 0.15) is 29.3 Å². The summed E-state index contributed by atoms with van der Waals surface area (Å²) in [6.07, 6.45) is -0.0540. The van der Waals surface area contributed by atoms with Crippen molar-refractivity contribution in [3.8, 4) is 0 Å². The van der Waals surface area contributed by atoms with Crippen LogP contribution in [0.4, 0.5) is 0 Å². The Balaban J connectivity index is 2.14. The van der Waals surface area contributed by atoms with Crippen LogP contribution < -0.4 is 0 Å². The highest BCUT2D eigenvalue weighted by Gasteiger charge is 2.42. The smallest absolute Gasteiger partial charge is 0.164 e. The van der Waals surface area contributed by atoms with Gasteiger partial charge in [-0.05, 0) is 22.9 Å². The summed E-state index contributed by atoms with van der Waals surface area (Å²) in [5.74, 6) is 0. The molecule has 0 amide bonds. The van der Waals surface area contributed by atoms with Crippen molar-refractivity contribution < 1.29 is 14.9 Å². The van der Waals surface area contributed by atoms with Crippen LogP contribution in [0.1, 0.15) is 13.2 Å². The van der Waals surface area contributed by atoms with Gasteiger partial charge in [0.15, 0.2) is 6.23 Å². The normalized spacial score (nSPS) is 31.2. The summed E-state index contributed by atoms with van der Waals surface area (Å²) >= 11 is 9.41. The lowest BCUT2D eigenvalue weighted by Crippen LogP contribution is -2.30. The summed E-state index contributed by atoms with van der Waals surface area (Å²) in [6.45, 7) is 1.70. The van der Waals surface area contributed by atoms with Crippen molar-refractivity contribution in [2.45, 2.75) is 31.5 Å². The third kappa shape index (κ3) is 1.96. The number of halogens is 2. The van der Waals surface area contributed by atoms with Crippen molar-refractivity contribution in [3.05, 3.63) is 22.1 Å². The molecule has 3 rings (SSSR count). The predicted octanol–water partition coefficient (Wildman–Crippen LogP) is 1.49. The fourth-order valence-corrected chi connectivity index (χ4v) is 3.19.